The standard InChI is InChI=1S/C16H31N3/c1-6-9-16(5,13-17-10-7-2)12-15-8-11-19(18-15)14(3)4/h8,11,14,17H,6-7,9-10,12-13H2,1-5H3. The van der Waals surface area contributed by atoms with Gasteiger partial charge < -0.3 is 5.32 Å². The zero-order valence-corrected chi connectivity index (χ0v) is 13.4. The molecule has 1 rings (SSSR count). The van der Waals surface area contributed by atoms with Crippen LogP contribution in [0.5, 0.6) is 0 Å². The summed E-state index contributed by atoms with van der Waals surface area (Å²) in [7, 11) is 0. The van der Waals surface area contributed by atoms with E-state index in [4.69, 9.17) is 5.10 Å². The van der Waals surface area contributed by atoms with E-state index in [0.29, 0.717) is 11.5 Å². The van der Waals surface area contributed by atoms with E-state index in [0.717, 1.165) is 19.5 Å². The van der Waals surface area contributed by atoms with Gasteiger partial charge in [-0.15, -0.1) is 0 Å². The SMILES string of the molecule is CCCNCC(C)(CCC)Cc1ccn(C(C)C)n1. The molecule has 0 fully saturated rings. The van der Waals surface area contributed by atoms with Gasteiger partial charge in [-0.1, -0.05) is 27.2 Å². The van der Waals surface area contributed by atoms with Crippen LogP contribution in [0.3, 0.4) is 0 Å². The second-order valence-corrected chi connectivity index (χ2v) is 6.30. The summed E-state index contributed by atoms with van der Waals surface area (Å²) in [5.74, 6) is 0. The van der Waals surface area contributed by atoms with Crippen LogP contribution in [0.25, 0.3) is 0 Å². The second-order valence-electron chi connectivity index (χ2n) is 6.30. The lowest BCUT2D eigenvalue weighted by molar-refractivity contribution is 0.272. The number of nitrogens with zero attached hydrogens (tertiary/aromatic N) is 2. The summed E-state index contributed by atoms with van der Waals surface area (Å²) in [6, 6.07) is 2.62. The molecule has 0 amide bonds. The Kier molecular flexibility index (Phi) is 6.56. The predicted molar refractivity (Wildman–Crippen MR) is 82.5 cm³/mol. The van der Waals surface area contributed by atoms with Gasteiger partial charge in [-0.25, -0.2) is 0 Å². The fourth-order valence-electron chi connectivity index (χ4n) is 2.61. The maximum absolute atomic E-state index is 4.69. The molecular formula is C16H31N3. The van der Waals surface area contributed by atoms with Crippen molar-refractivity contribution in [3.8, 4) is 0 Å². The molecule has 1 atom stereocenters. The first-order chi connectivity index (χ1) is 9.00. The quantitative estimate of drug-likeness (QED) is 0.688. The first kappa shape index (κ1) is 16.2. The van der Waals surface area contributed by atoms with Crippen LogP contribution in [0, 0.1) is 5.41 Å². The van der Waals surface area contributed by atoms with Gasteiger partial charge >= 0.3 is 0 Å². The maximum atomic E-state index is 4.69. The third-order valence-corrected chi connectivity index (χ3v) is 3.63. The van der Waals surface area contributed by atoms with Gasteiger partial charge in [-0.3, -0.25) is 4.68 Å². The van der Waals surface area contributed by atoms with Crippen molar-refractivity contribution >= 4 is 0 Å². The van der Waals surface area contributed by atoms with Crippen LogP contribution in [0.2, 0.25) is 0 Å². The first-order valence-electron chi connectivity index (χ1n) is 7.75. The molecule has 1 aromatic heterocycles. The van der Waals surface area contributed by atoms with Crippen molar-refractivity contribution in [1.82, 2.24) is 15.1 Å². The Labute approximate surface area is 118 Å². The van der Waals surface area contributed by atoms with Crippen LogP contribution in [-0.4, -0.2) is 22.9 Å². The Morgan fingerprint density at radius 1 is 1.32 bits per heavy atom. The van der Waals surface area contributed by atoms with Crippen LogP contribution in [0.1, 0.15) is 65.6 Å². The molecule has 1 unspecified atom stereocenters. The molecule has 1 heterocycles. The van der Waals surface area contributed by atoms with Gasteiger partial charge in [-0.2, -0.15) is 5.10 Å². The fraction of sp³-hybridized carbons (Fsp3) is 0.812. The minimum atomic E-state index is 0.320. The zero-order valence-electron chi connectivity index (χ0n) is 13.4. The van der Waals surface area contributed by atoms with E-state index >= 15 is 0 Å². The van der Waals surface area contributed by atoms with Gasteiger partial charge in [0.15, 0.2) is 0 Å². The van der Waals surface area contributed by atoms with E-state index in [1.807, 2.05) is 0 Å². The van der Waals surface area contributed by atoms with E-state index in [1.54, 1.807) is 0 Å². The van der Waals surface area contributed by atoms with Crippen molar-refractivity contribution in [2.24, 2.45) is 5.41 Å². The van der Waals surface area contributed by atoms with Gasteiger partial charge in [0.05, 0.1) is 5.69 Å². The van der Waals surface area contributed by atoms with Crippen LogP contribution in [-0.2, 0) is 6.42 Å². The van der Waals surface area contributed by atoms with Gasteiger partial charge in [0.25, 0.3) is 0 Å². The Morgan fingerprint density at radius 3 is 2.58 bits per heavy atom. The largest absolute Gasteiger partial charge is 0.316 e. The number of nitrogens with one attached hydrogen (secondary N) is 1. The second kappa shape index (κ2) is 7.68. The average molecular weight is 265 g/mol. The van der Waals surface area contributed by atoms with Crippen molar-refractivity contribution in [2.75, 3.05) is 13.1 Å². The lowest BCUT2D eigenvalue weighted by Gasteiger charge is -2.29. The van der Waals surface area contributed by atoms with Crippen molar-refractivity contribution in [2.45, 2.75) is 66.3 Å². The van der Waals surface area contributed by atoms with Crippen LogP contribution in [0.15, 0.2) is 12.3 Å². The minimum Gasteiger partial charge on any atom is -0.316 e. The molecule has 0 aliphatic carbocycles. The first-order valence-corrected chi connectivity index (χ1v) is 7.75. The van der Waals surface area contributed by atoms with Crippen LogP contribution < -0.4 is 5.32 Å². The molecule has 3 heteroatoms. The van der Waals surface area contributed by atoms with Crippen molar-refractivity contribution in [1.29, 1.82) is 0 Å². The summed E-state index contributed by atoms with van der Waals surface area (Å²) in [5.41, 5.74) is 1.54. The molecular weight excluding hydrogens is 234 g/mol. The summed E-state index contributed by atoms with van der Waals surface area (Å²) in [5, 5.41) is 8.27. The highest BCUT2D eigenvalue weighted by Crippen LogP contribution is 2.27. The minimum absolute atomic E-state index is 0.320. The van der Waals surface area contributed by atoms with Gasteiger partial charge in [0.2, 0.25) is 0 Å². The molecule has 0 spiro atoms. The number of aromatic nitrogens is 2. The normalized spacial score (nSPS) is 14.8. The van der Waals surface area contributed by atoms with Gasteiger partial charge in [-0.05, 0) is 51.1 Å². The number of hydrogen-bond acceptors (Lipinski definition) is 2. The molecule has 0 bridgehead atoms. The van der Waals surface area contributed by atoms with E-state index in [1.165, 1.54) is 25.0 Å². The molecule has 3 nitrogen and oxygen atoms in total. The molecule has 110 valence electrons. The summed E-state index contributed by atoms with van der Waals surface area (Å²) in [6.45, 7) is 13.4. The fourth-order valence-corrected chi connectivity index (χ4v) is 2.61. The zero-order chi connectivity index (χ0) is 14.3. The molecule has 0 aromatic carbocycles. The third-order valence-electron chi connectivity index (χ3n) is 3.63. The van der Waals surface area contributed by atoms with Crippen molar-refractivity contribution in [3.63, 3.8) is 0 Å². The van der Waals surface area contributed by atoms with Crippen LogP contribution in [0.4, 0.5) is 0 Å². The molecule has 0 saturated heterocycles. The smallest absolute Gasteiger partial charge is 0.0630 e. The van der Waals surface area contributed by atoms with E-state index < -0.39 is 0 Å². The van der Waals surface area contributed by atoms with Crippen LogP contribution >= 0.6 is 0 Å². The lowest BCUT2D eigenvalue weighted by Crippen LogP contribution is -2.34. The Bertz CT molecular complexity index is 357. The van der Waals surface area contributed by atoms with E-state index in [-0.39, 0.29) is 0 Å². The molecule has 0 saturated carbocycles. The number of hydrogen-bond donors (Lipinski definition) is 1. The Hall–Kier alpha value is -0.830. The average Bonchev–Trinajstić information content (AvgIpc) is 2.78. The summed E-state index contributed by atoms with van der Waals surface area (Å²) in [4.78, 5) is 0. The Morgan fingerprint density at radius 2 is 2.05 bits per heavy atom. The lowest BCUT2D eigenvalue weighted by atomic mass is 9.81. The highest BCUT2D eigenvalue weighted by molar-refractivity contribution is 5.03. The topological polar surface area (TPSA) is 29.9 Å². The molecule has 0 aliphatic heterocycles. The highest BCUT2D eigenvalue weighted by Gasteiger charge is 2.24. The van der Waals surface area contributed by atoms with Crippen molar-refractivity contribution in [3.05, 3.63) is 18.0 Å². The summed E-state index contributed by atoms with van der Waals surface area (Å²) < 4.78 is 2.06. The predicted octanol–water partition coefficient (Wildman–Crippen LogP) is 3.81. The van der Waals surface area contributed by atoms with Gasteiger partial charge in [0.1, 0.15) is 0 Å². The summed E-state index contributed by atoms with van der Waals surface area (Å²) >= 11 is 0. The van der Waals surface area contributed by atoms with Crippen molar-refractivity contribution < 1.29 is 0 Å². The van der Waals surface area contributed by atoms with E-state index in [9.17, 15) is 0 Å². The Balaban J connectivity index is 2.64. The summed E-state index contributed by atoms with van der Waals surface area (Å²) in [6.07, 6.45) is 6.85. The molecule has 0 radical (unpaired) electrons. The van der Waals surface area contributed by atoms with Gasteiger partial charge in [0, 0.05) is 18.8 Å². The molecule has 1 aromatic rings. The molecule has 1 N–H and O–H groups in total. The maximum Gasteiger partial charge on any atom is 0.0630 e. The van der Waals surface area contributed by atoms with E-state index in [2.05, 4.69) is 56.9 Å². The third kappa shape index (κ3) is 5.35. The highest BCUT2D eigenvalue weighted by atomic mass is 15.3. The number of rotatable bonds is 9. The molecule has 0 aliphatic rings. The molecule has 19 heavy (non-hydrogen) atoms. The monoisotopic (exact) mass is 265 g/mol.